The molecule has 5 nitrogen and oxygen atoms in total. The average molecular weight is 488 g/mol. The maximum absolute atomic E-state index is 12.5. The van der Waals surface area contributed by atoms with Crippen molar-refractivity contribution in [3.8, 4) is 22.5 Å². The monoisotopic (exact) mass is 487 g/mol. The van der Waals surface area contributed by atoms with Crippen molar-refractivity contribution in [2.75, 3.05) is 0 Å². The van der Waals surface area contributed by atoms with Gasteiger partial charge in [0.2, 0.25) is 0 Å². The number of aryl methyl sites for hydroxylation is 1. The van der Waals surface area contributed by atoms with E-state index in [0.717, 1.165) is 58.6 Å². The smallest absolute Gasteiger partial charge is 0.408 e. The fourth-order valence-corrected chi connectivity index (χ4v) is 4.90. The number of nitrogens with one attached hydrogen (secondary N) is 1. The summed E-state index contributed by atoms with van der Waals surface area (Å²) in [6, 6.07) is 20.6. The first-order valence-corrected chi connectivity index (χ1v) is 12.4. The Kier molecular flexibility index (Phi) is 5.84. The third-order valence-corrected chi connectivity index (χ3v) is 7.10. The Labute approximate surface area is 211 Å². The number of rotatable bonds is 4. The van der Waals surface area contributed by atoms with E-state index in [0.29, 0.717) is 5.02 Å². The third kappa shape index (κ3) is 4.41. The third-order valence-electron chi connectivity index (χ3n) is 6.63. The van der Waals surface area contributed by atoms with Crippen LogP contribution in [0, 0.1) is 6.92 Å². The molecule has 0 aliphatic heterocycles. The highest BCUT2D eigenvalue weighted by Gasteiger charge is 2.41. The number of halogens is 1. The summed E-state index contributed by atoms with van der Waals surface area (Å²) in [6.45, 7) is 7.62. The number of aromatic nitrogens is 2. The number of ether oxygens (including phenoxy) is 1. The number of fused-ring (bicyclic) bond motifs is 1. The molecule has 0 unspecified atom stereocenters. The van der Waals surface area contributed by atoms with Gasteiger partial charge in [-0.05, 0) is 64.2 Å². The molecule has 0 bridgehead atoms. The van der Waals surface area contributed by atoms with Gasteiger partial charge in [-0.25, -0.2) is 9.78 Å². The van der Waals surface area contributed by atoms with Crippen LogP contribution in [0.15, 0.2) is 66.9 Å². The van der Waals surface area contributed by atoms with E-state index in [1.54, 1.807) is 0 Å². The molecule has 1 amide bonds. The topological polar surface area (TPSA) is 55.6 Å². The number of alkyl carbamates (subject to hydrolysis) is 1. The summed E-state index contributed by atoms with van der Waals surface area (Å²) in [5.41, 5.74) is 5.84. The van der Waals surface area contributed by atoms with Crippen molar-refractivity contribution in [2.45, 2.75) is 58.1 Å². The lowest BCUT2D eigenvalue weighted by Gasteiger charge is -2.43. The highest BCUT2D eigenvalue weighted by Crippen LogP contribution is 2.43. The van der Waals surface area contributed by atoms with E-state index in [1.165, 1.54) is 0 Å². The molecule has 0 saturated heterocycles. The van der Waals surface area contributed by atoms with Gasteiger partial charge in [-0.3, -0.25) is 4.40 Å². The molecule has 1 N–H and O–H groups in total. The summed E-state index contributed by atoms with van der Waals surface area (Å²) >= 11 is 6.66. The van der Waals surface area contributed by atoms with Gasteiger partial charge in [-0.2, -0.15) is 0 Å². The Morgan fingerprint density at radius 1 is 1.03 bits per heavy atom. The molecule has 6 heteroatoms. The van der Waals surface area contributed by atoms with Crippen LogP contribution in [-0.2, 0) is 10.3 Å². The summed E-state index contributed by atoms with van der Waals surface area (Å²) in [5.74, 6) is 0. The molecule has 1 aliphatic carbocycles. The summed E-state index contributed by atoms with van der Waals surface area (Å²) in [5, 5.41) is 3.79. The number of carbonyl (C=O) groups excluding carboxylic acids is 1. The van der Waals surface area contributed by atoms with Gasteiger partial charge in [0.25, 0.3) is 0 Å². The number of nitrogens with zero attached hydrogens (tertiary/aromatic N) is 2. The van der Waals surface area contributed by atoms with Crippen molar-refractivity contribution in [3.05, 3.63) is 83.0 Å². The summed E-state index contributed by atoms with van der Waals surface area (Å²) < 4.78 is 7.59. The van der Waals surface area contributed by atoms with Crippen LogP contribution < -0.4 is 5.32 Å². The van der Waals surface area contributed by atoms with Crippen molar-refractivity contribution >= 4 is 23.3 Å². The minimum Gasteiger partial charge on any atom is -0.444 e. The maximum Gasteiger partial charge on any atom is 0.408 e. The second-order valence-electron chi connectivity index (χ2n) is 10.3. The van der Waals surface area contributed by atoms with Crippen LogP contribution in [0.4, 0.5) is 4.79 Å². The van der Waals surface area contributed by atoms with Gasteiger partial charge in [0.1, 0.15) is 5.60 Å². The van der Waals surface area contributed by atoms with Gasteiger partial charge < -0.3 is 10.1 Å². The van der Waals surface area contributed by atoms with E-state index in [2.05, 4.69) is 46.1 Å². The first-order chi connectivity index (χ1) is 16.7. The number of amides is 1. The predicted molar refractivity (Wildman–Crippen MR) is 141 cm³/mol. The predicted octanol–water partition coefficient (Wildman–Crippen LogP) is 7.53. The molecule has 0 atom stereocenters. The second-order valence-corrected chi connectivity index (χ2v) is 10.7. The molecule has 2 aromatic carbocycles. The van der Waals surface area contributed by atoms with Gasteiger partial charge in [0.15, 0.2) is 5.65 Å². The van der Waals surface area contributed by atoms with Crippen LogP contribution in [-0.4, -0.2) is 21.1 Å². The molecule has 0 radical (unpaired) electrons. The maximum atomic E-state index is 12.5. The van der Waals surface area contributed by atoms with Crippen LogP contribution in [0.5, 0.6) is 0 Å². The summed E-state index contributed by atoms with van der Waals surface area (Å²) in [7, 11) is 0. The number of hydrogen-bond acceptors (Lipinski definition) is 3. The molecule has 2 heterocycles. The van der Waals surface area contributed by atoms with Crippen molar-refractivity contribution in [1.82, 2.24) is 14.7 Å². The molecule has 5 rings (SSSR count). The van der Waals surface area contributed by atoms with Gasteiger partial charge in [0, 0.05) is 17.3 Å². The summed E-state index contributed by atoms with van der Waals surface area (Å²) in [4.78, 5) is 17.5. The molecule has 180 valence electrons. The van der Waals surface area contributed by atoms with E-state index in [4.69, 9.17) is 21.3 Å². The first-order valence-electron chi connectivity index (χ1n) is 12.0. The SMILES string of the molecule is Cc1ccn2c(-c3ccccc3)c(-c3ccc(C4(NC(=O)OC(C)(C)C)CCC4)cc3)nc2c1Cl. The minimum atomic E-state index is -0.532. The lowest BCUT2D eigenvalue weighted by atomic mass is 9.71. The number of carbonyl (C=O) groups is 1. The van der Waals surface area contributed by atoms with E-state index in [9.17, 15) is 4.79 Å². The Hall–Kier alpha value is -3.31. The van der Waals surface area contributed by atoms with E-state index in [-0.39, 0.29) is 11.6 Å². The zero-order valence-electron chi connectivity index (χ0n) is 20.6. The van der Waals surface area contributed by atoms with Crippen molar-refractivity contribution < 1.29 is 9.53 Å². The van der Waals surface area contributed by atoms with E-state index >= 15 is 0 Å². The first kappa shape index (κ1) is 23.4. The molecule has 35 heavy (non-hydrogen) atoms. The number of imidazole rings is 1. The molecular weight excluding hydrogens is 458 g/mol. The largest absolute Gasteiger partial charge is 0.444 e. The molecule has 4 aromatic rings. The zero-order valence-corrected chi connectivity index (χ0v) is 21.3. The number of benzene rings is 2. The highest BCUT2D eigenvalue weighted by molar-refractivity contribution is 6.34. The molecular formula is C29H30ClN3O2. The van der Waals surface area contributed by atoms with Crippen LogP contribution in [0.3, 0.4) is 0 Å². The van der Waals surface area contributed by atoms with Gasteiger partial charge in [-0.1, -0.05) is 66.2 Å². The van der Waals surface area contributed by atoms with Crippen molar-refractivity contribution in [3.63, 3.8) is 0 Å². The van der Waals surface area contributed by atoms with Crippen LogP contribution in [0.25, 0.3) is 28.2 Å². The second kappa shape index (κ2) is 8.72. The Bertz CT molecular complexity index is 1380. The van der Waals surface area contributed by atoms with E-state index in [1.807, 2.05) is 58.2 Å². The van der Waals surface area contributed by atoms with E-state index < -0.39 is 5.60 Å². The fraction of sp³-hybridized carbons (Fsp3) is 0.310. The number of hydrogen-bond donors (Lipinski definition) is 1. The lowest BCUT2D eigenvalue weighted by molar-refractivity contribution is 0.0377. The molecule has 1 saturated carbocycles. The molecule has 2 aromatic heterocycles. The lowest BCUT2D eigenvalue weighted by Crippen LogP contribution is -2.52. The average Bonchev–Trinajstić information content (AvgIpc) is 3.19. The Morgan fingerprint density at radius 3 is 2.31 bits per heavy atom. The molecule has 1 fully saturated rings. The molecule has 1 aliphatic rings. The van der Waals surface area contributed by atoms with Crippen molar-refractivity contribution in [1.29, 1.82) is 0 Å². The number of pyridine rings is 1. The van der Waals surface area contributed by atoms with Crippen LogP contribution >= 0.6 is 11.6 Å². The zero-order chi connectivity index (χ0) is 24.8. The van der Waals surface area contributed by atoms with Crippen LogP contribution in [0.1, 0.15) is 51.2 Å². The minimum absolute atomic E-state index is 0.377. The highest BCUT2D eigenvalue weighted by atomic mass is 35.5. The molecule has 0 spiro atoms. The van der Waals surface area contributed by atoms with Crippen LogP contribution in [0.2, 0.25) is 5.02 Å². The normalized spacial score (nSPS) is 15.0. The Morgan fingerprint density at radius 2 is 1.71 bits per heavy atom. The van der Waals surface area contributed by atoms with Gasteiger partial charge in [0.05, 0.1) is 21.9 Å². The van der Waals surface area contributed by atoms with Gasteiger partial charge in [-0.15, -0.1) is 0 Å². The van der Waals surface area contributed by atoms with Crippen molar-refractivity contribution in [2.24, 2.45) is 0 Å². The Balaban J connectivity index is 1.54. The standard InChI is InChI=1S/C29H30ClN3O2/c1-19-15-18-33-25(21-9-6-5-7-10-21)24(31-26(33)23(19)30)20-11-13-22(14-12-20)29(16-8-17-29)32-27(34)35-28(2,3)4/h5-7,9-15,18H,8,16-17H2,1-4H3,(H,32,34). The van der Waals surface area contributed by atoms with Gasteiger partial charge >= 0.3 is 6.09 Å². The summed E-state index contributed by atoms with van der Waals surface area (Å²) in [6.07, 6.45) is 4.50. The quantitative estimate of drug-likeness (QED) is 0.323. The fourth-order valence-electron chi connectivity index (χ4n) is 4.70.